The number of nitrogens with zero attached hydrogens (tertiary/aromatic N) is 6. The summed E-state index contributed by atoms with van der Waals surface area (Å²) in [6, 6.07) is 13.3. The van der Waals surface area contributed by atoms with Crippen LogP contribution in [0.15, 0.2) is 47.4 Å². The van der Waals surface area contributed by atoms with Crippen LogP contribution >= 0.6 is 11.6 Å². The molecule has 1 aromatic heterocycles. The summed E-state index contributed by atoms with van der Waals surface area (Å²) in [4.78, 5) is 20.4. The maximum absolute atomic E-state index is 12.9. The number of methoxy groups -OCH3 is 1. The second kappa shape index (κ2) is 13.0. The van der Waals surface area contributed by atoms with Crippen LogP contribution in [0.1, 0.15) is 26.7 Å². The van der Waals surface area contributed by atoms with Crippen molar-refractivity contribution in [2.75, 3.05) is 69.0 Å². The van der Waals surface area contributed by atoms with Gasteiger partial charge in [-0.05, 0) is 69.6 Å². The molecule has 2 aliphatic rings. The lowest BCUT2D eigenvalue weighted by molar-refractivity contribution is 0.0982. The molecule has 3 heterocycles. The summed E-state index contributed by atoms with van der Waals surface area (Å²) < 4.78 is 31.5. The van der Waals surface area contributed by atoms with E-state index < -0.39 is 15.1 Å². The zero-order valence-corrected chi connectivity index (χ0v) is 26.1. The molecule has 0 saturated carbocycles. The molecule has 0 amide bonds. The summed E-state index contributed by atoms with van der Waals surface area (Å²) in [5.41, 5.74) is 2.13. The van der Waals surface area contributed by atoms with Crippen molar-refractivity contribution in [2.24, 2.45) is 0 Å². The number of piperidine rings is 1. The number of hydrogen-bond donors (Lipinski definition) is 2. The van der Waals surface area contributed by atoms with E-state index in [4.69, 9.17) is 16.3 Å². The number of likely N-dealkylation sites (N-methyl/N-ethyl adjacent to an activating group) is 1. The summed E-state index contributed by atoms with van der Waals surface area (Å²) in [5, 5.41) is 5.55. The minimum Gasteiger partial charge on any atom is -0.494 e. The number of hydrogen-bond acceptors (Lipinski definition) is 11. The average Bonchev–Trinajstić information content (AvgIpc) is 2.98. The number of piperazine rings is 1. The highest BCUT2D eigenvalue weighted by Crippen LogP contribution is 2.34. The SMILES string of the molecule is COc1cc(N2CCC(N3CCN(C)CC3)CC2)ccc1Nc1nc(Cl)nc(Nc2ccccc2S(=O)(=O)C(C)C)n1. The number of aromatic nitrogens is 3. The fraction of sp³-hybridized carbons (Fsp3) is 0.483. The van der Waals surface area contributed by atoms with Gasteiger partial charge in [0.15, 0.2) is 9.84 Å². The molecule has 0 spiro atoms. The van der Waals surface area contributed by atoms with Crippen LogP contribution in [0.5, 0.6) is 5.75 Å². The molecule has 0 aliphatic carbocycles. The summed E-state index contributed by atoms with van der Waals surface area (Å²) >= 11 is 6.23. The second-order valence-electron chi connectivity index (χ2n) is 11.0. The van der Waals surface area contributed by atoms with Crippen LogP contribution < -0.4 is 20.3 Å². The van der Waals surface area contributed by atoms with Crippen molar-refractivity contribution in [2.45, 2.75) is 42.9 Å². The van der Waals surface area contributed by atoms with Crippen LogP contribution in [0.25, 0.3) is 0 Å². The molecule has 2 saturated heterocycles. The van der Waals surface area contributed by atoms with Crippen molar-refractivity contribution >= 4 is 50.4 Å². The topological polar surface area (TPSA) is 116 Å². The quantitative estimate of drug-likeness (QED) is 0.357. The monoisotopic (exact) mass is 614 g/mol. The zero-order valence-electron chi connectivity index (χ0n) is 24.5. The molecular weight excluding hydrogens is 576 g/mol. The summed E-state index contributed by atoms with van der Waals surface area (Å²) in [5.74, 6) is 0.955. The first-order chi connectivity index (χ1) is 20.1. The Morgan fingerprint density at radius 1 is 0.905 bits per heavy atom. The Labute approximate surface area is 253 Å². The summed E-state index contributed by atoms with van der Waals surface area (Å²) in [7, 11) is 0.286. The first-order valence-electron chi connectivity index (χ1n) is 14.3. The van der Waals surface area contributed by atoms with E-state index in [1.54, 1.807) is 45.2 Å². The van der Waals surface area contributed by atoms with Crippen LogP contribution in [0.3, 0.4) is 0 Å². The van der Waals surface area contributed by atoms with Gasteiger partial charge in [-0.1, -0.05) is 12.1 Å². The van der Waals surface area contributed by atoms with E-state index in [1.165, 1.54) is 0 Å². The van der Waals surface area contributed by atoms with Crippen LogP contribution in [-0.4, -0.2) is 97.9 Å². The minimum atomic E-state index is -3.54. The lowest BCUT2D eigenvalue weighted by atomic mass is 10.0. The van der Waals surface area contributed by atoms with Gasteiger partial charge in [-0.15, -0.1) is 0 Å². The average molecular weight is 615 g/mol. The van der Waals surface area contributed by atoms with Crippen LogP contribution in [0.4, 0.5) is 29.0 Å². The molecule has 42 heavy (non-hydrogen) atoms. The van der Waals surface area contributed by atoms with Crippen molar-refractivity contribution in [3.8, 4) is 5.75 Å². The molecule has 226 valence electrons. The van der Waals surface area contributed by atoms with Crippen LogP contribution in [0, 0.1) is 0 Å². The van der Waals surface area contributed by atoms with E-state index in [0.717, 1.165) is 57.8 Å². The van der Waals surface area contributed by atoms with Gasteiger partial charge in [0.1, 0.15) is 5.75 Å². The Bertz CT molecular complexity index is 1490. The van der Waals surface area contributed by atoms with Crippen molar-refractivity contribution < 1.29 is 13.2 Å². The number of halogens is 1. The normalized spacial score (nSPS) is 17.4. The van der Waals surface area contributed by atoms with E-state index >= 15 is 0 Å². The number of rotatable bonds is 9. The largest absolute Gasteiger partial charge is 0.494 e. The van der Waals surface area contributed by atoms with E-state index in [0.29, 0.717) is 23.2 Å². The molecule has 2 aromatic carbocycles. The van der Waals surface area contributed by atoms with E-state index in [-0.39, 0.29) is 22.1 Å². The highest BCUT2D eigenvalue weighted by Gasteiger charge is 2.27. The molecule has 2 aliphatic heterocycles. The van der Waals surface area contributed by atoms with Gasteiger partial charge < -0.3 is 25.2 Å². The standard InChI is InChI=1S/C29H39ClN8O3S/c1-20(2)42(39,40)26-8-6-5-7-24(26)32-29-34-27(30)33-28(35-29)31-23-10-9-22(19-25(23)41-4)37-13-11-21(12-14-37)38-17-15-36(3)16-18-38/h5-10,19-21H,11-18H2,1-4H3,(H2,31,32,33,34,35). The molecule has 3 aromatic rings. The molecule has 2 N–H and O–H groups in total. The Morgan fingerprint density at radius 2 is 1.55 bits per heavy atom. The second-order valence-corrected chi connectivity index (χ2v) is 13.8. The predicted octanol–water partition coefficient (Wildman–Crippen LogP) is 4.42. The van der Waals surface area contributed by atoms with Gasteiger partial charge in [0.05, 0.1) is 28.6 Å². The van der Waals surface area contributed by atoms with Crippen molar-refractivity contribution in [3.63, 3.8) is 0 Å². The van der Waals surface area contributed by atoms with E-state index in [2.05, 4.69) is 53.4 Å². The lowest BCUT2D eigenvalue weighted by Gasteiger charge is -2.42. The molecule has 11 nitrogen and oxygen atoms in total. The molecular formula is C29H39ClN8O3S. The Balaban J connectivity index is 1.29. The van der Waals surface area contributed by atoms with Gasteiger partial charge in [-0.2, -0.15) is 15.0 Å². The van der Waals surface area contributed by atoms with Crippen molar-refractivity contribution in [3.05, 3.63) is 47.7 Å². The third-order valence-corrected chi connectivity index (χ3v) is 10.4. The van der Waals surface area contributed by atoms with E-state index in [9.17, 15) is 8.42 Å². The van der Waals surface area contributed by atoms with Crippen LogP contribution in [-0.2, 0) is 9.84 Å². The third-order valence-electron chi connectivity index (χ3n) is 7.98. The van der Waals surface area contributed by atoms with Gasteiger partial charge >= 0.3 is 0 Å². The minimum absolute atomic E-state index is 0.0435. The lowest BCUT2D eigenvalue weighted by Crippen LogP contribution is -2.52. The zero-order chi connectivity index (χ0) is 29.9. The Morgan fingerprint density at radius 3 is 2.19 bits per heavy atom. The summed E-state index contributed by atoms with van der Waals surface area (Å²) in [6.45, 7) is 9.87. The van der Waals surface area contributed by atoms with Gasteiger partial charge in [0.25, 0.3) is 0 Å². The molecule has 0 atom stereocenters. The van der Waals surface area contributed by atoms with Gasteiger partial charge in [0.2, 0.25) is 17.2 Å². The number of ether oxygens (including phenoxy) is 1. The van der Waals surface area contributed by atoms with Crippen molar-refractivity contribution in [1.29, 1.82) is 0 Å². The first-order valence-corrected chi connectivity index (χ1v) is 16.2. The predicted molar refractivity (Wildman–Crippen MR) is 167 cm³/mol. The van der Waals surface area contributed by atoms with Gasteiger partial charge in [-0.3, -0.25) is 4.90 Å². The Hall–Kier alpha value is -3.19. The molecule has 13 heteroatoms. The summed E-state index contributed by atoms with van der Waals surface area (Å²) in [6.07, 6.45) is 2.29. The van der Waals surface area contributed by atoms with Gasteiger partial charge in [-0.25, -0.2) is 8.42 Å². The number of para-hydroxylation sites is 1. The maximum Gasteiger partial charge on any atom is 0.233 e. The van der Waals surface area contributed by atoms with Gasteiger partial charge in [0, 0.05) is 57.1 Å². The van der Waals surface area contributed by atoms with Crippen LogP contribution in [0.2, 0.25) is 5.28 Å². The smallest absolute Gasteiger partial charge is 0.233 e. The molecule has 0 bridgehead atoms. The fourth-order valence-electron chi connectivity index (χ4n) is 5.43. The molecule has 0 unspecified atom stereocenters. The fourth-order valence-corrected chi connectivity index (χ4v) is 6.79. The number of benzene rings is 2. The number of anilines is 5. The first kappa shape index (κ1) is 30.3. The van der Waals surface area contributed by atoms with E-state index in [1.807, 2.05) is 12.1 Å². The Kier molecular flexibility index (Phi) is 9.36. The highest BCUT2D eigenvalue weighted by atomic mass is 35.5. The van der Waals surface area contributed by atoms with Crippen molar-refractivity contribution in [1.82, 2.24) is 24.8 Å². The molecule has 0 radical (unpaired) electrons. The molecule has 2 fully saturated rings. The number of sulfone groups is 1. The maximum atomic E-state index is 12.9. The highest BCUT2D eigenvalue weighted by molar-refractivity contribution is 7.92. The number of nitrogens with one attached hydrogen (secondary N) is 2. The third kappa shape index (κ3) is 6.88. The molecule has 5 rings (SSSR count).